The zero-order chi connectivity index (χ0) is 17.3. The highest BCUT2D eigenvalue weighted by atomic mass is 19.4. The number of esters is 1. The molecule has 0 aromatic carbocycles. The van der Waals surface area contributed by atoms with Crippen molar-refractivity contribution in [1.29, 1.82) is 0 Å². The summed E-state index contributed by atoms with van der Waals surface area (Å²) in [5, 5.41) is 0. The molecule has 1 rings (SSSR count). The van der Waals surface area contributed by atoms with E-state index in [0.717, 1.165) is 6.08 Å². The molecule has 0 aromatic heterocycles. The second kappa shape index (κ2) is 5.96. The van der Waals surface area contributed by atoms with E-state index < -0.39 is 40.9 Å². The van der Waals surface area contributed by atoms with Gasteiger partial charge in [0.2, 0.25) is 6.29 Å². The monoisotopic (exact) mass is 318 g/mol. The quantitative estimate of drug-likeness (QED) is 0.387. The summed E-state index contributed by atoms with van der Waals surface area (Å²) in [4.78, 5) is 11.9. The summed E-state index contributed by atoms with van der Waals surface area (Å²) < 4.78 is 49.4. The third kappa shape index (κ3) is 5.06. The Hall–Kier alpha value is -1.48. The normalized spacial score (nSPS) is 25.5. The molecule has 0 aromatic rings. The number of carbonyl (C=O) groups excluding carboxylic acids is 1. The van der Waals surface area contributed by atoms with Gasteiger partial charge in [0.25, 0.3) is 0 Å². The molecule has 1 fully saturated rings. The van der Waals surface area contributed by atoms with E-state index >= 15 is 0 Å². The van der Waals surface area contributed by atoms with E-state index in [4.69, 9.17) is 9.47 Å². The lowest BCUT2D eigenvalue weighted by Crippen LogP contribution is -2.49. The Kier molecular flexibility index (Phi) is 5.03. The van der Waals surface area contributed by atoms with Gasteiger partial charge in [0.05, 0.1) is 5.57 Å². The van der Waals surface area contributed by atoms with Crippen LogP contribution in [-0.4, -0.2) is 24.5 Å². The minimum atomic E-state index is -4.71. The van der Waals surface area contributed by atoms with Gasteiger partial charge in [-0.3, -0.25) is 0 Å². The lowest BCUT2D eigenvalue weighted by Gasteiger charge is -2.38. The molecule has 0 spiro atoms. The fourth-order valence-corrected chi connectivity index (χ4v) is 1.60. The van der Waals surface area contributed by atoms with Crippen molar-refractivity contribution < 1.29 is 27.4 Å². The Morgan fingerprint density at radius 3 is 2.05 bits per heavy atom. The molecule has 22 heavy (non-hydrogen) atoms. The molecule has 3 nitrogen and oxygen atoms in total. The molecule has 0 amide bonds. The Balaban J connectivity index is 3.18. The largest absolute Gasteiger partial charge is 0.432 e. The summed E-state index contributed by atoms with van der Waals surface area (Å²) in [5.74, 6) is 4.19. The van der Waals surface area contributed by atoms with Crippen LogP contribution in [0.1, 0.15) is 41.5 Å². The Labute approximate surface area is 128 Å². The molecule has 124 valence electrons. The number of alkyl halides is 3. The van der Waals surface area contributed by atoms with E-state index in [1.54, 1.807) is 20.8 Å². The molecule has 6 heteroatoms. The maximum Gasteiger partial charge on any atom is 0.419 e. The Bertz CT molecular complexity index is 522. The number of allylic oxidation sites excluding steroid dienone is 1. The first-order chi connectivity index (χ1) is 9.72. The molecule has 1 aliphatic heterocycles. The minimum absolute atomic E-state index is 0.391. The molecular formula is C16H21F3O3. The predicted octanol–water partition coefficient (Wildman–Crippen LogP) is 3.84. The van der Waals surface area contributed by atoms with Gasteiger partial charge in [0.15, 0.2) is 6.10 Å². The number of carbonyl (C=O) groups is 1. The highest BCUT2D eigenvalue weighted by Crippen LogP contribution is 2.37. The molecule has 2 atom stereocenters. The summed E-state index contributed by atoms with van der Waals surface area (Å²) in [6.07, 6.45) is -7.37. The smallest absolute Gasteiger partial charge is 0.419 e. The van der Waals surface area contributed by atoms with Crippen LogP contribution in [0.4, 0.5) is 13.2 Å². The van der Waals surface area contributed by atoms with Crippen molar-refractivity contribution in [2.24, 2.45) is 10.8 Å². The van der Waals surface area contributed by atoms with Crippen LogP contribution in [0.2, 0.25) is 0 Å². The fourth-order valence-electron chi connectivity index (χ4n) is 1.60. The number of hydrogen-bond donors (Lipinski definition) is 0. The van der Waals surface area contributed by atoms with Gasteiger partial charge in [-0.1, -0.05) is 32.6 Å². The Morgan fingerprint density at radius 1 is 1.09 bits per heavy atom. The number of halogens is 3. The van der Waals surface area contributed by atoms with Gasteiger partial charge in [-0.15, -0.1) is 0 Å². The van der Waals surface area contributed by atoms with Crippen molar-refractivity contribution in [3.05, 3.63) is 11.6 Å². The molecule has 1 aliphatic rings. The van der Waals surface area contributed by atoms with Crippen molar-refractivity contribution in [2.45, 2.75) is 60.1 Å². The summed E-state index contributed by atoms with van der Waals surface area (Å²) >= 11 is 0. The highest BCUT2D eigenvalue weighted by molar-refractivity contribution is 5.91. The van der Waals surface area contributed by atoms with Crippen molar-refractivity contribution in [2.75, 3.05) is 0 Å². The molecule has 1 heterocycles. The van der Waals surface area contributed by atoms with Gasteiger partial charge in [0, 0.05) is 16.9 Å². The van der Waals surface area contributed by atoms with Crippen molar-refractivity contribution >= 4 is 5.97 Å². The van der Waals surface area contributed by atoms with Gasteiger partial charge < -0.3 is 9.47 Å². The topological polar surface area (TPSA) is 35.5 Å². The van der Waals surface area contributed by atoms with Gasteiger partial charge in [0.1, 0.15) is 0 Å². The van der Waals surface area contributed by atoms with Crippen molar-refractivity contribution in [3.63, 3.8) is 0 Å². The molecule has 0 N–H and O–H groups in total. The first kappa shape index (κ1) is 18.6. The van der Waals surface area contributed by atoms with E-state index in [-0.39, 0.29) is 0 Å². The van der Waals surface area contributed by atoms with Crippen LogP contribution < -0.4 is 0 Å². The van der Waals surface area contributed by atoms with E-state index in [1.807, 2.05) is 20.8 Å². The molecule has 0 radical (unpaired) electrons. The first-order valence-electron chi connectivity index (χ1n) is 6.88. The molecule has 0 bridgehead atoms. The summed E-state index contributed by atoms with van der Waals surface area (Å²) in [6.45, 7) is 10.3. The fraction of sp³-hybridized carbons (Fsp3) is 0.688. The van der Waals surface area contributed by atoms with Crippen LogP contribution in [0.5, 0.6) is 0 Å². The second-order valence-corrected chi connectivity index (χ2v) is 7.28. The van der Waals surface area contributed by atoms with Crippen LogP contribution in [-0.2, 0) is 14.3 Å². The van der Waals surface area contributed by atoms with E-state index in [0.29, 0.717) is 0 Å². The minimum Gasteiger partial charge on any atom is -0.432 e. The van der Waals surface area contributed by atoms with Crippen LogP contribution in [0.3, 0.4) is 0 Å². The average Bonchev–Trinajstić information content (AvgIpc) is 2.26. The third-order valence-corrected chi connectivity index (χ3v) is 2.67. The second-order valence-electron chi connectivity index (χ2n) is 7.28. The zero-order valence-corrected chi connectivity index (χ0v) is 13.6. The van der Waals surface area contributed by atoms with E-state index in [2.05, 4.69) is 11.8 Å². The Morgan fingerprint density at radius 2 is 1.64 bits per heavy atom. The van der Waals surface area contributed by atoms with Gasteiger partial charge in [-0.05, 0) is 20.8 Å². The molecule has 0 saturated carbocycles. The highest BCUT2D eigenvalue weighted by Gasteiger charge is 2.52. The van der Waals surface area contributed by atoms with Crippen LogP contribution in [0, 0.1) is 22.7 Å². The van der Waals surface area contributed by atoms with E-state index in [1.165, 1.54) is 0 Å². The predicted molar refractivity (Wildman–Crippen MR) is 75.6 cm³/mol. The zero-order valence-electron chi connectivity index (χ0n) is 13.6. The number of hydrogen-bond acceptors (Lipinski definition) is 3. The lowest BCUT2D eigenvalue weighted by atomic mass is 9.94. The number of rotatable bonds is 0. The first-order valence-corrected chi connectivity index (χ1v) is 6.88. The van der Waals surface area contributed by atoms with Crippen molar-refractivity contribution in [1.82, 2.24) is 0 Å². The summed E-state index contributed by atoms with van der Waals surface area (Å²) in [6, 6.07) is 0. The number of cyclic esters (lactones) is 1. The SMILES string of the molecule is CC(C)(C)C#C/C=C1/C(=O)O[C@H](C(C)(C)C)O[C@@H]1C(F)(F)F. The van der Waals surface area contributed by atoms with Crippen LogP contribution >= 0.6 is 0 Å². The van der Waals surface area contributed by atoms with Crippen LogP contribution in [0.15, 0.2) is 11.6 Å². The molecule has 0 unspecified atom stereocenters. The maximum atomic E-state index is 13.2. The van der Waals surface area contributed by atoms with E-state index in [9.17, 15) is 18.0 Å². The number of ether oxygens (including phenoxy) is 2. The van der Waals surface area contributed by atoms with Gasteiger partial charge >= 0.3 is 12.1 Å². The molecule has 1 saturated heterocycles. The lowest BCUT2D eigenvalue weighted by molar-refractivity contribution is -0.290. The third-order valence-electron chi connectivity index (χ3n) is 2.67. The molecular weight excluding hydrogens is 297 g/mol. The van der Waals surface area contributed by atoms with Gasteiger partial charge in [-0.2, -0.15) is 13.2 Å². The van der Waals surface area contributed by atoms with Gasteiger partial charge in [-0.25, -0.2) is 4.79 Å². The summed E-state index contributed by atoms with van der Waals surface area (Å²) in [7, 11) is 0. The standard InChI is InChI=1S/C16H21F3O3/c1-14(2,3)9-7-8-10-11(16(17,18)19)21-13(15(4,5)6)22-12(10)20/h8,11,13H,1-6H3/b10-8+/t11-,13+/m0/s1. The van der Waals surface area contributed by atoms with Crippen molar-refractivity contribution in [3.8, 4) is 11.8 Å². The average molecular weight is 318 g/mol. The maximum absolute atomic E-state index is 13.2. The molecule has 0 aliphatic carbocycles. The summed E-state index contributed by atoms with van der Waals surface area (Å²) in [5.41, 5.74) is -1.77. The van der Waals surface area contributed by atoms with Crippen LogP contribution in [0.25, 0.3) is 0 Å².